The largest absolute Gasteiger partial charge is 0.369 e. The zero-order chi connectivity index (χ0) is 15.4. The van der Waals surface area contributed by atoms with Gasteiger partial charge in [0.05, 0.1) is 12.0 Å². The van der Waals surface area contributed by atoms with E-state index in [0.29, 0.717) is 24.2 Å². The maximum Gasteiger partial charge on any atom is 0.262 e. The number of aromatic nitrogens is 3. The summed E-state index contributed by atoms with van der Waals surface area (Å²) < 4.78 is 0. The van der Waals surface area contributed by atoms with Gasteiger partial charge in [0.2, 0.25) is 5.95 Å². The fraction of sp³-hybridized carbons (Fsp3) is 0.200. The molecule has 3 aromatic rings. The summed E-state index contributed by atoms with van der Waals surface area (Å²) in [5.74, 6) is 0.0953. The first-order valence-corrected chi connectivity index (χ1v) is 6.98. The summed E-state index contributed by atoms with van der Waals surface area (Å²) in [7, 11) is 0. The Morgan fingerprint density at radius 1 is 1.27 bits per heavy atom. The van der Waals surface area contributed by atoms with E-state index in [4.69, 9.17) is 10.6 Å². The number of hydroxylamine groups is 1. The van der Waals surface area contributed by atoms with Crippen molar-refractivity contribution in [3.8, 4) is 0 Å². The summed E-state index contributed by atoms with van der Waals surface area (Å²) in [5, 5.41) is 0.494. The zero-order valence-electron chi connectivity index (χ0n) is 11.9. The van der Waals surface area contributed by atoms with Gasteiger partial charge in [-0.2, -0.15) is 10.5 Å². The lowest BCUT2D eigenvalue weighted by Gasteiger charge is -2.05. The number of H-pyrrole nitrogens is 2. The number of anilines is 1. The average Bonchev–Trinajstić information content (AvgIpc) is 2.91. The fourth-order valence-electron chi connectivity index (χ4n) is 2.27. The lowest BCUT2D eigenvalue weighted by molar-refractivity contribution is 0.0390. The molecular formula is C15H17N5O2. The van der Waals surface area contributed by atoms with Crippen molar-refractivity contribution in [2.75, 3.05) is 12.3 Å². The normalized spacial score (nSPS) is 11.1. The van der Waals surface area contributed by atoms with E-state index in [-0.39, 0.29) is 11.5 Å². The van der Waals surface area contributed by atoms with Crippen LogP contribution in [0.3, 0.4) is 0 Å². The molecule has 0 saturated heterocycles. The molecule has 1 aromatic carbocycles. The van der Waals surface area contributed by atoms with E-state index in [1.807, 2.05) is 18.2 Å². The molecule has 2 heterocycles. The molecule has 5 N–H and O–H groups in total. The molecule has 0 aliphatic heterocycles. The van der Waals surface area contributed by atoms with Gasteiger partial charge in [0.15, 0.2) is 0 Å². The van der Waals surface area contributed by atoms with Crippen LogP contribution in [0, 0.1) is 0 Å². The van der Waals surface area contributed by atoms with Crippen LogP contribution in [0.1, 0.15) is 11.1 Å². The quantitative estimate of drug-likeness (QED) is 0.402. The monoisotopic (exact) mass is 299 g/mol. The van der Waals surface area contributed by atoms with Crippen molar-refractivity contribution in [1.29, 1.82) is 0 Å². The number of nitrogens with two attached hydrogens (primary N) is 1. The summed E-state index contributed by atoms with van der Waals surface area (Å²) in [6.07, 6.45) is 2.54. The first-order chi connectivity index (χ1) is 10.7. The highest BCUT2D eigenvalue weighted by molar-refractivity contribution is 5.79. The van der Waals surface area contributed by atoms with Gasteiger partial charge >= 0.3 is 0 Å². The van der Waals surface area contributed by atoms with Gasteiger partial charge in [-0.25, -0.2) is 0 Å². The molecule has 0 aliphatic rings. The number of hydrogen-bond donors (Lipinski definition) is 4. The molecule has 0 aliphatic carbocycles. The van der Waals surface area contributed by atoms with E-state index in [1.165, 1.54) is 5.56 Å². The van der Waals surface area contributed by atoms with Gasteiger partial charge in [0, 0.05) is 18.3 Å². The molecule has 0 saturated carbocycles. The van der Waals surface area contributed by atoms with Gasteiger partial charge in [-0.3, -0.25) is 9.78 Å². The molecule has 0 fully saturated rings. The van der Waals surface area contributed by atoms with E-state index in [9.17, 15) is 4.79 Å². The van der Waals surface area contributed by atoms with Crippen LogP contribution in [0.4, 0.5) is 5.95 Å². The third-order valence-corrected chi connectivity index (χ3v) is 3.34. The van der Waals surface area contributed by atoms with Crippen LogP contribution in [0.2, 0.25) is 0 Å². The fourth-order valence-corrected chi connectivity index (χ4v) is 2.27. The van der Waals surface area contributed by atoms with Crippen LogP contribution in [-0.4, -0.2) is 21.6 Å². The highest BCUT2D eigenvalue weighted by Gasteiger charge is 2.09. The van der Waals surface area contributed by atoms with Gasteiger partial charge in [-0.15, -0.1) is 0 Å². The Morgan fingerprint density at radius 2 is 2.09 bits per heavy atom. The minimum atomic E-state index is -0.259. The Morgan fingerprint density at radius 3 is 2.91 bits per heavy atom. The van der Waals surface area contributed by atoms with Crippen LogP contribution in [0.25, 0.3) is 11.0 Å². The number of nitrogen functional groups attached to an aromatic ring is 1. The molecule has 0 atom stereocenters. The van der Waals surface area contributed by atoms with Crippen molar-refractivity contribution in [2.45, 2.75) is 13.0 Å². The summed E-state index contributed by atoms with van der Waals surface area (Å²) in [6.45, 7) is 0.956. The van der Waals surface area contributed by atoms with Crippen molar-refractivity contribution >= 4 is 17.0 Å². The molecule has 0 bridgehead atoms. The van der Waals surface area contributed by atoms with Gasteiger partial charge < -0.3 is 15.6 Å². The van der Waals surface area contributed by atoms with Crippen LogP contribution in [-0.2, 0) is 17.8 Å². The standard InChI is InChI=1S/C15H17N5O2/c16-15-19-13-12(14(21)20-15)11(8-17-13)9-18-22-7-6-10-4-2-1-3-5-10/h1-5,8,18H,6-7,9H2,(H4,16,17,19,20,21). The van der Waals surface area contributed by atoms with Gasteiger partial charge in [-0.05, 0) is 12.0 Å². The van der Waals surface area contributed by atoms with E-state index in [2.05, 4.69) is 32.6 Å². The number of benzene rings is 1. The van der Waals surface area contributed by atoms with Crippen LogP contribution < -0.4 is 16.8 Å². The van der Waals surface area contributed by atoms with Gasteiger partial charge in [0.25, 0.3) is 5.56 Å². The zero-order valence-corrected chi connectivity index (χ0v) is 11.9. The smallest absolute Gasteiger partial charge is 0.262 e. The van der Waals surface area contributed by atoms with E-state index >= 15 is 0 Å². The van der Waals surface area contributed by atoms with Crippen LogP contribution >= 0.6 is 0 Å². The summed E-state index contributed by atoms with van der Waals surface area (Å²) in [4.78, 5) is 26.7. The highest BCUT2D eigenvalue weighted by atomic mass is 16.6. The molecule has 2 aromatic heterocycles. The molecule has 0 radical (unpaired) electrons. The molecule has 0 unspecified atom stereocenters. The Hall–Kier alpha value is -2.64. The van der Waals surface area contributed by atoms with Crippen molar-refractivity contribution in [2.24, 2.45) is 0 Å². The van der Waals surface area contributed by atoms with Crippen molar-refractivity contribution in [3.63, 3.8) is 0 Å². The number of aromatic amines is 2. The lowest BCUT2D eigenvalue weighted by atomic mass is 10.2. The van der Waals surface area contributed by atoms with Crippen molar-refractivity contribution < 1.29 is 4.84 Å². The van der Waals surface area contributed by atoms with Gasteiger partial charge in [-0.1, -0.05) is 30.3 Å². The topological polar surface area (TPSA) is 109 Å². The third-order valence-electron chi connectivity index (χ3n) is 3.34. The first-order valence-electron chi connectivity index (χ1n) is 6.98. The minimum Gasteiger partial charge on any atom is -0.369 e. The molecule has 22 heavy (non-hydrogen) atoms. The number of nitrogens with zero attached hydrogens (tertiary/aromatic N) is 1. The number of rotatable bonds is 6. The average molecular weight is 299 g/mol. The Balaban J connectivity index is 1.55. The Kier molecular flexibility index (Phi) is 4.17. The van der Waals surface area contributed by atoms with Crippen LogP contribution in [0.5, 0.6) is 0 Å². The SMILES string of the molecule is Nc1nc2[nH]cc(CNOCCc3ccccc3)c2c(=O)[nH]1. The number of fused-ring (bicyclic) bond motifs is 1. The molecule has 0 spiro atoms. The van der Waals surface area contributed by atoms with E-state index < -0.39 is 0 Å². The molecule has 3 rings (SSSR count). The molecular weight excluding hydrogens is 282 g/mol. The third kappa shape index (κ3) is 3.16. The second kappa shape index (κ2) is 6.42. The number of hydrogen-bond acceptors (Lipinski definition) is 5. The summed E-state index contributed by atoms with van der Waals surface area (Å²) >= 11 is 0. The number of nitrogens with one attached hydrogen (secondary N) is 3. The second-order valence-electron chi connectivity index (χ2n) is 4.89. The highest BCUT2D eigenvalue weighted by Crippen LogP contribution is 2.12. The predicted octanol–water partition coefficient (Wildman–Crippen LogP) is 1.10. The molecule has 114 valence electrons. The predicted molar refractivity (Wildman–Crippen MR) is 84.1 cm³/mol. The maximum absolute atomic E-state index is 11.9. The van der Waals surface area contributed by atoms with Crippen molar-refractivity contribution in [1.82, 2.24) is 20.4 Å². The maximum atomic E-state index is 11.9. The molecule has 7 nitrogen and oxygen atoms in total. The lowest BCUT2D eigenvalue weighted by Crippen LogP contribution is -2.18. The Labute approximate surface area is 126 Å². The minimum absolute atomic E-state index is 0.0953. The summed E-state index contributed by atoms with van der Waals surface area (Å²) in [6, 6.07) is 10.1. The summed E-state index contributed by atoms with van der Waals surface area (Å²) in [5.41, 5.74) is 10.6. The first kappa shape index (κ1) is 14.3. The van der Waals surface area contributed by atoms with Crippen LogP contribution in [0.15, 0.2) is 41.3 Å². The molecule has 7 heteroatoms. The second-order valence-corrected chi connectivity index (χ2v) is 4.89. The van der Waals surface area contributed by atoms with Gasteiger partial charge in [0.1, 0.15) is 5.65 Å². The molecule has 0 amide bonds. The Bertz CT molecular complexity index is 810. The van der Waals surface area contributed by atoms with E-state index in [1.54, 1.807) is 6.20 Å². The van der Waals surface area contributed by atoms with Crippen molar-refractivity contribution in [3.05, 3.63) is 58.0 Å². The van der Waals surface area contributed by atoms with E-state index in [0.717, 1.165) is 12.0 Å².